The molecule has 1 heterocycles. The van der Waals surface area contributed by atoms with Crippen molar-refractivity contribution in [1.29, 1.82) is 0 Å². The number of rotatable bonds is 4. The fraction of sp³-hybridized carbons (Fsp3) is 0.308. The standard InChI is InChI=1S/C13H13F3N4O/c1-2-7-21-12-19-10(18-11(17)20-12)8-3-5-9(6-4-8)13(14,15)16/h3-6H,2,7H2,1H3,(H2,17,18,19,20). The van der Waals surface area contributed by atoms with Gasteiger partial charge in [-0.05, 0) is 18.6 Å². The average molecular weight is 298 g/mol. The van der Waals surface area contributed by atoms with Crippen molar-refractivity contribution in [3.8, 4) is 17.4 Å². The highest BCUT2D eigenvalue weighted by atomic mass is 19.4. The zero-order valence-corrected chi connectivity index (χ0v) is 11.2. The predicted molar refractivity (Wildman–Crippen MR) is 70.5 cm³/mol. The zero-order valence-electron chi connectivity index (χ0n) is 11.2. The Morgan fingerprint density at radius 1 is 1.10 bits per heavy atom. The molecule has 0 saturated carbocycles. The Bertz CT molecular complexity index is 614. The molecule has 0 atom stereocenters. The first-order chi connectivity index (χ1) is 9.90. The lowest BCUT2D eigenvalue weighted by molar-refractivity contribution is -0.137. The number of nitrogen functional groups attached to an aromatic ring is 1. The van der Waals surface area contributed by atoms with E-state index < -0.39 is 11.7 Å². The van der Waals surface area contributed by atoms with Crippen LogP contribution in [0.1, 0.15) is 18.9 Å². The van der Waals surface area contributed by atoms with Crippen LogP contribution >= 0.6 is 0 Å². The molecule has 21 heavy (non-hydrogen) atoms. The third-order valence-electron chi connectivity index (χ3n) is 2.54. The first-order valence-corrected chi connectivity index (χ1v) is 6.22. The number of nitrogens with zero attached hydrogens (tertiary/aromatic N) is 3. The van der Waals surface area contributed by atoms with E-state index in [1.165, 1.54) is 12.1 Å². The summed E-state index contributed by atoms with van der Waals surface area (Å²) in [5.74, 6) is 0.119. The Balaban J connectivity index is 2.31. The lowest BCUT2D eigenvalue weighted by atomic mass is 10.1. The predicted octanol–water partition coefficient (Wildman–Crippen LogP) is 2.93. The summed E-state index contributed by atoms with van der Waals surface area (Å²) in [4.78, 5) is 11.7. The summed E-state index contributed by atoms with van der Waals surface area (Å²) in [5, 5.41) is 0. The molecule has 5 nitrogen and oxygen atoms in total. The second-order valence-electron chi connectivity index (χ2n) is 4.22. The number of hydrogen-bond acceptors (Lipinski definition) is 5. The summed E-state index contributed by atoms with van der Waals surface area (Å²) in [5.41, 5.74) is 5.21. The minimum Gasteiger partial charge on any atom is -0.463 e. The zero-order chi connectivity index (χ0) is 15.5. The lowest BCUT2D eigenvalue weighted by Gasteiger charge is -2.08. The summed E-state index contributed by atoms with van der Waals surface area (Å²) in [6.07, 6.45) is -3.62. The number of anilines is 1. The molecule has 0 aliphatic rings. The van der Waals surface area contributed by atoms with Crippen LogP contribution in [0.3, 0.4) is 0 Å². The summed E-state index contributed by atoms with van der Waals surface area (Å²) in [6, 6.07) is 4.53. The molecule has 0 fully saturated rings. The van der Waals surface area contributed by atoms with Crippen LogP contribution in [0.2, 0.25) is 0 Å². The van der Waals surface area contributed by atoms with Crippen molar-refractivity contribution >= 4 is 5.95 Å². The normalized spacial score (nSPS) is 11.4. The topological polar surface area (TPSA) is 73.9 Å². The molecular weight excluding hydrogens is 285 g/mol. The van der Waals surface area contributed by atoms with Gasteiger partial charge in [0.15, 0.2) is 5.82 Å². The van der Waals surface area contributed by atoms with Gasteiger partial charge in [0, 0.05) is 5.56 Å². The van der Waals surface area contributed by atoms with Gasteiger partial charge in [-0.15, -0.1) is 0 Å². The third kappa shape index (κ3) is 3.80. The Morgan fingerprint density at radius 2 is 1.76 bits per heavy atom. The van der Waals surface area contributed by atoms with Crippen LogP contribution < -0.4 is 10.5 Å². The van der Waals surface area contributed by atoms with Gasteiger partial charge in [-0.2, -0.15) is 28.1 Å². The van der Waals surface area contributed by atoms with E-state index in [1.54, 1.807) is 0 Å². The summed E-state index contributed by atoms with van der Waals surface area (Å²) < 4.78 is 42.8. The number of halogens is 3. The highest BCUT2D eigenvalue weighted by Crippen LogP contribution is 2.30. The van der Waals surface area contributed by atoms with Crippen molar-refractivity contribution in [3.05, 3.63) is 29.8 Å². The van der Waals surface area contributed by atoms with Gasteiger partial charge in [0.05, 0.1) is 12.2 Å². The monoisotopic (exact) mass is 298 g/mol. The van der Waals surface area contributed by atoms with Gasteiger partial charge < -0.3 is 10.5 Å². The minimum absolute atomic E-state index is 0.0500. The van der Waals surface area contributed by atoms with E-state index in [0.717, 1.165) is 18.6 Å². The van der Waals surface area contributed by atoms with E-state index in [0.29, 0.717) is 12.2 Å². The van der Waals surface area contributed by atoms with E-state index in [2.05, 4.69) is 15.0 Å². The second kappa shape index (κ2) is 5.94. The van der Waals surface area contributed by atoms with Crippen molar-refractivity contribution in [3.63, 3.8) is 0 Å². The minimum atomic E-state index is -4.38. The molecule has 0 bridgehead atoms. The Hall–Kier alpha value is -2.38. The highest BCUT2D eigenvalue weighted by molar-refractivity contribution is 5.56. The van der Waals surface area contributed by atoms with Gasteiger partial charge in [0.25, 0.3) is 0 Å². The summed E-state index contributed by atoms with van der Waals surface area (Å²) in [7, 11) is 0. The summed E-state index contributed by atoms with van der Waals surface area (Å²) in [6.45, 7) is 2.33. The lowest BCUT2D eigenvalue weighted by Crippen LogP contribution is -2.06. The molecule has 1 aromatic carbocycles. The van der Waals surface area contributed by atoms with Crippen molar-refractivity contribution in [2.45, 2.75) is 19.5 Å². The molecule has 0 aliphatic carbocycles. The largest absolute Gasteiger partial charge is 0.463 e. The molecule has 112 valence electrons. The molecule has 0 saturated heterocycles. The third-order valence-corrected chi connectivity index (χ3v) is 2.54. The maximum atomic E-state index is 12.5. The van der Waals surface area contributed by atoms with Crippen LogP contribution in [0.4, 0.5) is 19.1 Å². The van der Waals surface area contributed by atoms with Crippen LogP contribution in [0.25, 0.3) is 11.4 Å². The Labute approximate surface area is 119 Å². The van der Waals surface area contributed by atoms with Crippen LogP contribution in [-0.4, -0.2) is 21.6 Å². The molecule has 2 N–H and O–H groups in total. The first kappa shape index (κ1) is 15.0. The van der Waals surface area contributed by atoms with E-state index in [4.69, 9.17) is 10.5 Å². The second-order valence-corrected chi connectivity index (χ2v) is 4.22. The highest BCUT2D eigenvalue weighted by Gasteiger charge is 2.30. The smallest absolute Gasteiger partial charge is 0.416 e. The number of benzene rings is 1. The van der Waals surface area contributed by atoms with Gasteiger partial charge >= 0.3 is 12.2 Å². The van der Waals surface area contributed by atoms with Crippen LogP contribution in [0, 0.1) is 0 Å². The van der Waals surface area contributed by atoms with Crippen LogP contribution in [0.5, 0.6) is 6.01 Å². The average Bonchev–Trinajstić information content (AvgIpc) is 2.44. The number of ether oxygens (including phenoxy) is 1. The molecule has 2 aromatic rings. The van der Waals surface area contributed by atoms with E-state index in [1.807, 2.05) is 6.92 Å². The molecule has 2 rings (SSSR count). The molecule has 8 heteroatoms. The van der Waals surface area contributed by atoms with Crippen molar-refractivity contribution in [2.75, 3.05) is 12.3 Å². The molecule has 0 spiro atoms. The maximum absolute atomic E-state index is 12.5. The fourth-order valence-electron chi connectivity index (χ4n) is 1.57. The number of hydrogen-bond donors (Lipinski definition) is 1. The molecule has 0 radical (unpaired) electrons. The molecule has 0 amide bonds. The van der Waals surface area contributed by atoms with Gasteiger partial charge in [-0.1, -0.05) is 19.1 Å². The van der Waals surface area contributed by atoms with E-state index in [9.17, 15) is 13.2 Å². The fourth-order valence-corrected chi connectivity index (χ4v) is 1.57. The number of alkyl halides is 3. The van der Waals surface area contributed by atoms with Crippen molar-refractivity contribution in [1.82, 2.24) is 15.0 Å². The first-order valence-electron chi connectivity index (χ1n) is 6.22. The van der Waals surface area contributed by atoms with Gasteiger partial charge in [0.1, 0.15) is 0 Å². The quantitative estimate of drug-likeness (QED) is 0.939. The molecule has 1 aromatic heterocycles. The summed E-state index contributed by atoms with van der Waals surface area (Å²) >= 11 is 0. The van der Waals surface area contributed by atoms with Gasteiger partial charge in [-0.25, -0.2) is 0 Å². The van der Waals surface area contributed by atoms with Crippen LogP contribution in [-0.2, 0) is 6.18 Å². The number of aromatic nitrogens is 3. The van der Waals surface area contributed by atoms with Gasteiger partial charge in [0.2, 0.25) is 5.95 Å². The molecular formula is C13H13F3N4O. The molecule has 0 aliphatic heterocycles. The van der Waals surface area contributed by atoms with E-state index >= 15 is 0 Å². The molecule has 0 unspecified atom stereocenters. The Morgan fingerprint density at radius 3 is 2.33 bits per heavy atom. The van der Waals surface area contributed by atoms with E-state index in [-0.39, 0.29) is 17.8 Å². The van der Waals surface area contributed by atoms with Crippen molar-refractivity contribution < 1.29 is 17.9 Å². The van der Waals surface area contributed by atoms with Crippen LogP contribution in [0.15, 0.2) is 24.3 Å². The van der Waals surface area contributed by atoms with Crippen molar-refractivity contribution in [2.24, 2.45) is 0 Å². The van der Waals surface area contributed by atoms with Gasteiger partial charge in [-0.3, -0.25) is 0 Å². The SMILES string of the molecule is CCCOc1nc(N)nc(-c2ccc(C(F)(F)F)cc2)n1. The maximum Gasteiger partial charge on any atom is 0.416 e. The number of nitrogens with two attached hydrogens (primary N) is 1. The Kier molecular flexibility index (Phi) is 4.25.